The van der Waals surface area contributed by atoms with Crippen LogP contribution in [0.5, 0.6) is 0 Å². The summed E-state index contributed by atoms with van der Waals surface area (Å²) < 4.78 is 0. The summed E-state index contributed by atoms with van der Waals surface area (Å²) in [6.07, 6.45) is 11.0. The molecule has 19 heavy (non-hydrogen) atoms. The van der Waals surface area contributed by atoms with E-state index < -0.39 is 0 Å². The molecule has 0 amide bonds. The van der Waals surface area contributed by atoms with Crippen LogP contribution in [0.2, 0.25) is 0 Å². The van der Waals surface area contributed by atoms with Crippen molar-refractivity contribution >= 4 is 12.6 Å². The fraction of sp³-hybridized carbons (Fsp3) is 1.00. The van der Waals surface area contributed by atoms with Crippen LogP contribution in [0.1, 0.15) is 58.3 Å². The fourth-order valence-corrected chi connectivity index (χ4v) is 2.59. The zero-order valence-electron chi connectivity index (χ0n) is 13.5. The van der Waals surface area contributed by atoms with Crippen molar-refractivity contribution in [3.05, 3.63) is 0 Å². The average Bonchev–Trinajstić information content (AvgIpc) is 2.39. The number of nitrogens with zero attached hydrogens (tertiary/aromatic N) is 2. The molecule has 0 aliphatic carbocycles. The van der Waals surface area contributed by atoms with Crippen LogP contribution < -0.4 is 0 Å². The third kappa shape index (κ3) is 14.5. The van der Waals surface area contributed by atoms with Crippen LogP contribution >= 0.6 is 12.6 Å². The Balaban J connectivity index is 3.31. The minimum atomic E-state index is 1.05. The lowest BCUT2D eigenvalue weighted by Gasteiger charge is -2.21. The Morgan fingerprint density at radius 3 is 1.74 bits per heavy atom. The van der Waals surface area contributed by atoms with Crippen LogP contribution in [0.25, 0.3) is 0 Å². The second kappa shape index (κ2) is 14.7. The first kappa shape index (κ1) is 19.3. The summed E-state index contributed by atoms with van der Waals surface area (Å²) in [5.74, 6) is 1.05. The summed E-state index contributed by atoms with van der Waals surface area (Å²) in [4.78, 5) is 4.88. The zero-order valence-corrected chi connectivity index (χ0v) is 14.4. The number of hydrogen-bond acceptors (Lipinski definition) is 3. The van der Waals surface area contributed by atoms with Gasteiger partial charge in [-0.05, 0) is 65.3 Å². The van der Waals surface area contributed by atoms with E-state index in [1.165, 1.54) is 77.5 Å². The van der Waals surface area contributed by atoms with Gasteiger partial charge in [0.25, 0.3) is 0 Å². The summed E-state index contributed by atoms with van der Waals surface area (Å²) in [5, 5.41) is 0. The molecular weight excluding hydrogens is 252 g/mol. The molecule has 0 aromatic heterocycles. The van der Waals surface area contributed by atoms with Crippen LogP contribution in [0.15, 0.2) is 0 Å². The smallest absolute Gasteiger partial charge is 0.000667 e. The predicted octanol–water partition coefficient (Wildman–Crippen LogP) is 3.92. The second-order valence-electron chi connectivity index (χ2n) is 5.79. The minimum Gasteiger partial charge on any atom is -0.309 e. The van der Waals surface area contributed by atoms with E-state index in [1.807, 2.05) is 0 Å². The van der Waals surface area contributed by atoms with Gasteiger partial charge in [-0.2, -0.15) is 12.6 Å². The van der Waals surface area contributed by atoms with Gasteiger partial charge in [0, 0.05) is 0 Å². The Labute approximate surface area is 127 Å². The molecule has 0 heterocycles. The van der Waals surface area contributed by atoms with Gasteiger partial charge in [0.1, 0.15) is 0 Å². The Kier molecular flexibility index (Phi) is 14.9. The largest absolute Gasteiger partial charge is 0.309 e. The van der Waals surface area contributed by atoms with Crippen LogP contribution in [0, 0.1) is 0 Å². The van der Waals surface area contributed by atoms with Crippen molar-refractivity contribution in [2.24, 2.45) is 0 Å². The fourth-order valence-electron chi connectivity index (χ4n) is 2.37. The van der Waals surface area contributed by atoms with Gasteiger partial charge in [-0.3, -0.25) is 0 Å². The van der Waals surface area contributed by atoms with E-state index in [0.29, 0.717) is 0 Å². The normalized spacial score (nSPS) is 11.7. The first-order chi connectivity index (χ1) is 9.20. The molecule has 0 spiro atoms. The van der Waals surface area contributed by atoms with Gasteiger partial charge in [-0.15, -0.1) is 0 Å². The Morgan fingerprint density at radius 1 is 0.684 bits per heavy atom. The molecule has 0 aromatic rings. The first-order valence-corrected chi connectivity index (χ1v) is 8.82. The number of unbranched alkanes of at least 4 members (excludes halogenated alkanes) is 6. The molecule has 0 bridgehead atoms. The lowest BCUT2D eigenvalue weighted by atomic mass is 10.1. The van der Waals surface area contributed by atoms with Crippen molar-refractivity contribution in [1.82, 2.24) is 9.80 Å². The lowest BCUT2D eigenvalue weighted by Crippen LogP contribution is -2.28. The Hall–Kier alpha value is 0.270. The maximum Gasteiger partial charge on any atom is -0.000667 e. The third-order valence-electron chi connectivity index (χ3n) is 3.66. The maximum absolute atomic E-state index is 4.24. The summed E-state index contributed by atoms with van der Waals surface area (Å²) in [6.45, 7) is 7.25. The van der Waals surface area contributed by atoms with Gasteiger partial charge in [0.05, 0.1) is 0 Å². The molecule has 0 unspecified atom stereocenters. The lowest BCUT2D eigenvalue weighted by molar-refractivity contribution is 0.260. The Morgan fingerprint density at radius 2 is 1.21 bits per heavy atom. The summed E-state index contributed by atoms with van der Waals surface area (Å²) in [7, 11) is 4.31. The van der Waals surface area contributed by atoms with E-state index in [2.05, 4.69) is 43.4 Å². The van der Waals surface area contributed by atoms with Gasteiger partial charge in [0.2, 0.25) is 0 Å². The van der Waals surface area contributed by atoms with Crippen molar-refractivity contribution in [1.29, 1.82) is 0 Å². The summed E-state index contributed by atoms with van der Waals surface area (Å²) >= 11 is 4.24. The number of rotatable bonds is 14. The molecule has 0 rings (SSSR count). The highest BCUT2D eigenvalue weighted by atomic mass is 32.1. The van der Waals surface area contributed by atoms with E-state index in [1.54, 1.807) is 0 Å². The quantitative estimate of drug-likeness (QED) is 0.382. The van der Waals surface area contributed by atoms with Gasteiger partial charge >= 0.3 is 0 Å². The zero-order chi connectivity index (χ0) is 14.3. The van der Waals surface area contributed by atoms with E-state index >= 15 is 0 Å². The molecule has 0 saturated heterocycles. The van der Waals surface area contributed by atoms with Crippen LogP contribution in [0.4, 0.5) is 0 Å². The number of hydrogen-bond donors (Lipinski definition) is 1. The molecular formula is C16H36N2S. The monoisotopic (exact) mass is 288 g/mol. The van der Waals surface area contributed by atoms with Crippen LogP contribution in [-0.2, 0) is 0 Å². The molecule has 2 nitrogen and oxygen atoms in total. The molecule has 0 atom stereocenters. The highest BCUT2D eigenvalue weighted by Gasteiger charge is 2.02. The van der Waals surface area contributed by atoms with Crippen molar-refractivity contribution in [3.63, 3.8) is 0 Å². The van der Waals surface area contributed by atoms with Gasteiger partial charge in [-0.25, -0.2) is 0 Å². The topological polar surface area (TPSA) is 6.48 Å². The molecule has 0 saturated carbocycles. The van der Waals surface area contributed by atoms with Crippen molar-refractivity contribution in [2.45, 2.75) is 58.3 Å². The molecule has 0 aromatic carbocycles. The molecule has 3 heteroatoms. The molecule has 0 aliphatic rings. The van der Waals surface area contributed by atoms with Gasteiger partial charge in [0.15, 0.2) is 0 Å². The maximum atomic E-state index is 4.24. The molecule has 0 N–H and O–H groups in total. The predicted molar refractivity (Wildman–Crippen MR) is 91.5 cm³/mol. The summed E-state index contributed by atoms with van der Waals surface area (Å²) in [6, 6.07) is 0. The van der Waals surface area contributed by atoms with E-state index in [4.69, 9.17) is 0 Å². The van der Waals surface area contributed by atoms with Crippen LogP contribution in [0.3, 0.4) is 0 Å². The molecule has 0 radical (unpaired) electrons. The standard InChI is InChI=1S/C16H36N2S/c1-4-18(15-12-13-17(2)3)14-10-8-6-5-7-9-11-16-19/h19H,4-16H2,1-3H3. The molecule has 116 valence electrons. The van der Waals surface area contributed by atoms with Gasteiger partial charge < -0.3 is 9.80 Å². The van der Waals surface area contributed by atoms with Gasteiger partial charge in [-0.1, -0.05) is 39.0 Å². The van der Waals surface area contributed by atoms with E-state index in [-0.39, 0.29) is 0 Å². The number of thiol groups is 1. The Bertz CT molecular complexity index is 174. The van der Waals surface area contributed by atoms with Crippen LogP contribution in [-0.4, -0.2) is 55.8 Å². The van der Waals surface area contributed by atoms with Crippen molar-refractivity contribution in [2.75, 3.05) is 46.0 Å². The second-order valence-corrected chi connectivity index (χ2v) is 6.24. The SMILES string of the molecule is CCN(CCCCCCCCCS)CCCN(C)C. The van der Waals surface area contributed by atoms with E-state index in [0.717, 1.165) is 5.75 Å². The minimum absolute atomic E-state index is 1.05. The molecule has 0 aliphatic heterocycles. The highest BCUT2D eigenvalue weighted by molar-refractivity contribution is 7.80. The highest BCUT2D eigenvalue weighted by Crippen LogP contribution is 2.08. The first-order valence-electron chi connectivity index (χ1n) is 8.18. The summed E-state index contributed by atoms with van der Waals surface area (Å²) in [5.41, 5.74) is 0. The van der Waals surface area contributed by atoms with Crippen molar-refractivity contribution in [3.8, 4) is 0 Å². The van der Waals surface area contributed by atoms with Crippen molar-refractivity contribution < 1.29 is 0 Å². The third-order valence-corrected chi connectivity index (χ3v) is 3.98. The van der Waals surface area contributed by atoms with E-state index in [9.17, 15) is 0 Å². The molecule has 0 fully saturated rings. The average molecular weight is 289 g/mol.